The molecule has 100 valence electrons. The van der Waals surface area contributed by atoms with Crippen LogP contribution in [0.25, 0.3) is 5.95 Å². The van der Waals surface area contributed by atoms with E-state index in [-0.39, 0.29) is 5.28 Å². The van der Waals surface area contributed by atoms with E-state index in [2.05, 4.69) is 31.8 Å². The quantitative estimate of drug-likeness (QED) is 0.859. The molecule has 3 rings (SSSR count). The number of hydrogen-bond donors (Lipinski definition) is 0. The third-order valence-electron chi connectivity index (χ3n) is 3.47. The second-order valence-electron chi connectivity index (χ2n) is 4.68. The average molecular weight is 279 g/mol. The van der Waals surface area contributed by atoms with Crippen LogP contribution in [0.3, 0.4) is 0 Å². The summed E-state index contributed by atoms with van der Waals surface area (Å²) in [6.07, 6.45) is 7.48. The summed E-state index contributed by atoms with van der Waals surface area (Å²) >= 11 is 5.99. The zero-order chi connectivity index (χ0) is 13.2. The Labute approximate surface area is 116 Å². The molecule has 19 heavy (non-hydrogen) atoms. The van der Waals surface area contributed by atoms with Crippen LogP contribution in [0.2, 0.25) is 5.28 Å². The average Bonchev–Trinajstić information content (AvgIpc) is 3.09. The number of nitrogens with zero attached hydrogens (tertiary/aromatic N) is 6. The van der Waals surface area contributed by atoms with Crippen molar-refractivity contribution in [1.82, 2.24) is 24.5 Å². The van der Waals surface area contributed by atoms with Gasteiger partial charge in [-0.2, -0.15) is 15.0 Å². The summed E-state index contributed by atoms with van der Waals surface area (Å²) in [7, 11) is 0. The van der Waals surface area contributed by atoms with E-state index in [1.807, 2.05) is 0 Å². The predicted octanol–water partition coefficient (Wildman–Crippen LogP) is 1.95. The SMILES string of the molecule is CCC1CCN(c2nc(Cl)nc(-n3ccnc3)n2)C1. The lowest BCUT2D eigenvalue weighted by Crippen LogP contribution is -2.23. The van der Waals surface area contributed by atoms with E-state index < -0.39 is 0 Å². The van der Waals surface area contributed by atoms with Gasteiger partial charge in [0.15, 0.2) is 0 Å². The molecule has 3 heterocycles. The Morgan fingerprint density at radius 1 is 1.32 bits per heavy atom. The van der Waals surface area contributed by atoms with E-state index in [0.717, 1.165) is 13.1 Å². The van der Waals surface area contributed by atoms with Crippen molar-refractivity contribution in [3.63, 3.8) is 0 Å². The maximum absolute atomic E-state index is 5.99. The minimum atomic E-state index is 0.216. The third-order valence-corrected chi connectivity index (χ3v) is 3.63. The Kier molecular flexibility index (Phi) is 3.33. The van der Waals surface area contributed by atoms with Crippen molar-refractivity contribution in [2.24, 2.45) is 5.92 Å². The van der Waals surface area contributed by atoms with Crippen molar-refractivity contribution in [3.05, 3.63) is 24.0 Å². The van der Waals surface area contributed by atoms with Crippen LogP contribution in [0.4, 0.5) is 5.95 Å². The predicted molar refractivity (Wildman–Crippen MR) is 72.6 cm³/mol. The first-order valence-corrected chi connectivity index (χ1v) is 6.79. The van der Waals surface area contributed by atoms with Crippen molar-refractivity contribution in [2.45, 2.75) is 19.8 Å². The molecule has 2 aromatic rings. The molecule has 0 N–H and O–H groups in total. The molecule has 1 atom stereocenters. The monoisotopic (exact) mass is 278 g/mol. The van der Waals surface area contributed by atoms with E-state index in [1.165, 1.54) is 12.8 Å². The molecule has 1 unspecified atom stereocenters. The van der Waals surface area contributed by atoms with Gasteiger partial charge < -0.3 is 4.90 Å². The van der Waals surface area contributed by atoms with Gasteiger partial charge in [0.25, 0.3) is 0 Å². The molecule has 0 radical (unpaired) electrons. The molecule has 1 saturated heterocycles. The van der Waals surface area contributed by atoms with Gasteiger partial charge in [-0.15, -0.1) is 0 Å². The molecule has 1 aliphatic rings. The fourth-order valence-electron chi connectivity index (χ4n) is 2.31. The summed E-state index contributed by atoms with van der Waals surface area (Å²) in [4.78, 5) is 19.0. The number of anilines is 1. The van der Waals surface area contributed by atoms with Crippen LogP contribution in [-0.2, 0) is 0 Å². The van der Waals surface area contributed by atoms with Gasteiger partial charge in [-0.05, 0) is 23.9 Å². The number of imidazole rings is 1. The maximum Gasteiger partial charge on any atom is 0.241 e. The Hall–Kier alpha value is -1.69. The fourth-order valence-corrected chi connectivity index (χ4v) is 2.46. The van der Waals surface area contributed by atoms with Crippen LogP contribution >= 0.6 is 11.6 Å². The Morgan fingerprint density at radius 3 is 2.84 bits per heavy atom. The Morgan fingerprint density at radius 2 is 2.16 bits per heavy atom. The summed E-state index contributed by atoms with van der Waals surface area (Å²) in [5.41, 5.74) is 0. The molecule has 0 aromatic carbocycles. The number of aromatic nitrogens is 5. The zero-order valence-electron chi connectivity index (χ0n) is 10.7. The minimum Gasteiger partial charge on any atom is -0.340 e. The van der Waals surface area contributed by atoms with Crippen LogP contribution in [0.5, 0.6) is 0 Å². The van der Waals surface area contributed by atoms with Crippen molar-refractivity contribution in [3.8, 4) is 5.95 Å². The van der Waals surface area contributed by atoms with E-state index in [0.29, 0.717) is 17.8 Å². The smallest absolute Gasteiger partial charge is 0.241 e. The molecule has 1 fully saturated rings. The van der Waals surface area contributed by atoms with Crippen LogP contribution in [0, 0.1) is 5.92 Å². The first-order valence-electron chi connectivity index (χ1n) is 6.41. The van der Waals surface area contributed by atoms with Crippen LogP contribution < -0.4 is 4.90 Å². The highest BCUT2D eigenvalue weighted by Gasteiger charge is 2.24. The first-order chi connectivity index (χ1) is 9.26. The van der Waals surface area contributed by atoms with Crippen molar-refractivity contribution in [1.29, 1.82) is 0 Å². The van der Waals surface area contributed by atoms with Crippen LogP contribution in [-0.4, -0.2) is 37.6 Å². The van der Waals surface area contributed by atoms with Crippen molar-refractivity contribution in [2.75, 3.05) is 18.0 Å². The second-order valence-corrected chi connectivity index (χ2v) is 5.02. The first kappa shape index (κ1) is 12.3. The summed E-state index contributed by atoms with van der Waals surface area (Å²) in [5, 5.41) is 0.216. The maximum atomic E-state index is 5.99. The van der Waals surface area contributed by atoms with Gasteiger partial charge >= 0.3 is 0 Å². The van der Waals surface area contributed by atoms with Gasteiger partial charge in [0, 0.05) is 25.5 Å². The molecule has 0 aliphatic carbocycles. The van der Waals surface area contributed by atoms with Gasteiger partial charge in [0.1, 0.15) is 6.33 Å². The molecule has 0 spiro atoms. The lowest BCUT2D eigenvalue weighted by molar-refractivity contribution is 0.568. The summed E-state index contributed by atoms with van der Waals surface area (Å²) < 4.78 is 1.73. The molecule has 7 heteroatoms. The molecule has 2 aromatic heterocycles. The largest absolute Gasteiger partial charge is 0.340 e. The van der Waals surface area contributed by atoms with Gasteiger partial charge in [0.05, 0.1) is 0 Å². The normalized spacial score (nSPS) is 19.1. The van der Waals surface area contributed by atoms with Gasteiger partial charge in [-0.1, -0.05) is 13.3 Å². The standard InChI is InChI=1S/C12H15ClN6/c1-2-9-3-5-18(7-9)11-15-10(13)16-12(17-11)19-6-4-14-8-19/h4,6,8-9H,2-3,5,7H2,1H3. The zero-order valence-corrected chi connectivity index (χ0v) is 11.5. The van der Waals surface area contributed by atoms with Crippen LogP contribution in [0.15, 0.2) is 18.7 Å². The lowest BCUT2D eigenvalue weighted by Gasteiger charge is -2.16. The topological polar surface area (TPSA) is 59.7 Å². The lowest BCUT2D eigenvalue weighted by atomic mass is 10.1. The molecular formula is C12H15ClN6. The van der Waals surface area contributed by atoms with Crippen LogP contribution in [0.1, 0.15) is 19.8 Å². The molecule has 6 nitrogen and oxygen atoms in total. The number of rotatable bonds is 3. The Bertz CT molecular complexity index is 555. The minimum absolute atomic E-state index is 0.216. The molecular weight excluding hydrogens is 264 g/mol. The van der Waals surface area contributed by atoms with Gasteiger partial charge in [0.2, 0.25) is 17.2 Å². The second kappa shape index (κ2) is 5.13. The van der Waals surface area contributed by atoms with E-state index in [9.17, 15) is 0 Å². The number of halogens is 1. The van der Waals surface area contributed by atoms with Crippen molar-refractivity contribution >= 4 is 17.5 Å². The highest BCUT2D eigenvalue weighted by atomic mass is 35.5. The molecule has 0 bridgehead atoms. The molecule has 0 saturated carbocycles. The highest BCUT2D eigenvalue weighted by Crippen LogP contribution is 2.23. The summed E-state index contributed by atoms with van der Waals surface area (Å²) in [5.74, 6) is 1.87. The molecule has 1 aliphatic heterocycles. The van der Waals surface area contributed by atoms with Gasteiger partial charge in [-0.3, -0.25) is 4.57 Å². The highest BCUT2D eigenvalue weighted by molar-refractivity contribution is 6.28. The fraction of sp³-hybridized carbons (Fsp3) is 0.500. The third kappa shape index (κ3) is 2.53. The summed E-state index contributed by atoms with van der Waals surface area (Å²) in [6.45, 7) is 4.17. The van der Waals surface area contributed by atoms with E-state index in [4.69, 9.17) is 11.6 Å². The van der Waals surface area contributed by atoms with E-state index in [1.54, 1.807) is 23.3 Å². The number of hydrogen-bond acceptors (Lipinski definition) is 5. The van der Waals surface area contributed by atoms with Gasteiger partial charge in [-0.25, -0.2) is 4.98 Å². The Balaban J connectivity index is 1.90. The molecule has 0 amide bonds. The van der Waals surface area contributed by atoms with Crippen molar-refractivity contribution < 1.29 is 0 Å². The van der Waals surface area contributed by atoms with E-state index >= 15 is 0 Å². The summed E-state index contributed by atoms with van der Waals surface area (Å²) in [6, 6.07) is 0.